The molecular weight excluding hydrogens is 545 g/mol. The van der Waals surface area contributed by atoms with Crippen molar-refractivity contribution in [2.45, 2.75) is 25.0 Å². The Kier molecular flexibility index (Phi) is 9.62. The number of carbonyl (C=O) groups is 3. The minimum Gasteiger partial charge on any atom is -0.493 e. The lowest BCUT2D eigenvalue weighted by Crippen LogP contribution is -2.48. The van der Waals surface area contributed by atoms with E-state index in [0.717, 1.165) is 23.8 Å². The molecule has 0 unspecified atom stereocenters. The monoisotopic (exact) mass is 573 g/mol. The fraction of sp³-hybridized carbons (Fsp3) is 0.321. The highest BCUT2D eigenvalue weighted by Crippen LogP contribution is 2.35. The third-order valence-electron chi connectivity index (χ3n) is 6.35. The molecule has 1 saturated heterocycles. The van der Waals surface area contributed by atoms with Gasteiger partial charge in [-0.3, -0.25) is 19.3 Å². The average Bonchev–Trinajstić information content (AvgIpc) is 3.69. The van der Waals surface area contributed by atoms with E-state index in [0.29, 0.717) is 23.7 Å². The van der Waals surface area contributed by atoms with Crippen LogP contribution in [0.1, 0.15) is 35.0 Å². The summed E-state index contributed by atoms with van der Waals surface area (Å²) in [5.41, 5.74) is 0.504. The summed E-state index contributed by atoms with van der Waals surface area (Å²) in [5, 5.41) is 5.12. The van der Waals surface area contributed by atoms with Gasteiger partial charge in [-0.05, 0) is 60.9 Å². The van der Waals surface area contributed by atoms with E-state index in [1.54, 1.807) is 18.2 Å². The van der Waals surface area contributed by atoms with Crippen LogP contribution in [0.15, 0.2) is 59.2 Å². The maximum atomic E-state index is 14.1. The second-order valence-electron chi connectivity index (χ2n) is 8.92. The molecule has 0 saturated carbocycles. The highest BCUT2D eigenvalue weighted by Gasteiger charge is 2.34. The molecule has 12 heteroatoms. The van der Waals surface area contributed by atoms with Crippen LogP contribution in [0.3, 0.4) is 0 Å². The maximum Gasteiger partial charge on any atom is 0.287 e. The Morgan fingerprint density at radius 1 is 1.10 bits per heavy atom. The summed E-state index contributed by atoms with van der Waals surface area (Å²) in [6.07, 6.45) is 2.84. The Morgan fingerprint density at radius 3 is 2.55 bits per heavy atom. The molecule has 1 fully saturated rings. The van der Waals surface area contributed by atoms with Crippen LogP contribution < -0.4 is 25.0 Å². The lowest BCUT2D eigenvalue weighted by molar-refractivity contribution is -0.126. The van der Waals surface area contributed by atoms with Crippen molar-refractivity contribution in [1.29, 1.82) is 0 Å². The van der Waals surface area contributed by atoms with Gasteiger partial charge in [0, 0.05) is 18.8 Å². The van der Waals surface area contributed by atoms with Crippen LogP contribution in [-0.2, 0) is 14.3 Å². The van der Waals surface area contributed by atoms with Crippen LogP contribution in [0.4, 0.5) is 10.1 Å². The topological polar surface area (TPSA) is 119 Å². The lowest BCUT2D eigenvalue weighted by atomic mass is 10.0. The Balaban J connectivity index is 1.73. The van der Waals surface area contributed by atoms with Crippen LogP contribution in [0.25, 0.3) is 0 Å². The molecule has 3 amide bonds. The number of amides is 3. The molecule has 0 aliphatic carbocycles. The molecule has 3 aromatic rings. The molecule has 0 spiro atoms. The summed E-state index contributed by atoms with van der Waals surface area (Å²) in [4.78, 5) is 41.2. The van der Waals surface area contributed by atoms with Crippen molar-refractivity contribution < 1.29 is 37.4 Å². The fourth-order valence-electron chi connectivity index (χ4n) is 4.36. The zero-order valence-electron chi connectivity index (χ0n) is 21.9. The summed E-state index contributed by atoms with van der Waals surface area (Å²) in [6, 6.07) is 10.2. The largest absolute Gasteiger partial charge is 0.493 e. The van der Waals surface area contributed by atoms with Crippen molar-refractivity contribution in [3.05, 3.63) is 77.0 Å². The number of ether oxygens (including phenoxy) is 3. The Labute approximate surface area is 235 Å². The molecule has 4 rings (SSSR count). The molecule has 0 radical (unpaired) electrons. The molecule has 40 heavy (non-hydrogen) atoms. The first-order chi connectivity index (χ1) is 19.3. The molecule has 1 aliphatic heterocycles. The smallest absolute Gasteiger partial charge is 0.287 e. The van der Waals surface area contributed by atoms with Gasteiger partial charge in [0.1, 0.15) is 11.9 Å². The SMILES string of the molecule is COc1ccc([C@@H](C(=O)NC[C@H]2CCCO2)N(C(=O)CNC(=O)c2ccco2)c2ccc(F)c(Cl)c2)cc1OC. The minimum absolute atomic E-state index is 0.00919. The normalized spacial score (nSPS) is 15.2. The van der Waals surface area contributed by atoms with Crippen LogP contribution >= 0.6 is 11.6 Å². The van der Waals surface area contributed by atoms with Gasteiger partial charge in [0.25, 0.3) is 5.91 Å². The molecular formula is C28H29ClFN3O7. The molecule has 0 bridgehead atoms. The summed E-state index contributed by atoms with van der Waals surface area (Å²) in [5.74, 6) is -1.78. The van der Waals surface area contributed by atoms with E-state index >= 15 is 0 Å². The summed E-state index contributed by atoms with van der Waals surface area (Å²) >= 11 is 6.07. The lowest BCUT2D eigenvalue weighted by Gasteiger charge is -2.32. The van der Waals surface area contributed by atoms with Crippen molar-refractivity contribution in [2.24, 2.45) is 0 Å². The molecule has 2 N–H and O–H groups in total. The van der Waals surface area contributed by atoms with Crippen molar-refractivity contribution in [2.75, 3.05) is 38.8 Å². The average molecular weight is 574 g/mol. The number of furan rings is 1. The summed E-state index contributed by atoms with van der Waals surface area (Å²) in [6.45, 7) is 0.328. The highest BCUT2D eigenvalue weighted by atomic mass is 35.5. The van der Waals surface area contributed by atoms with Crippen LogP contribution in [0.2, 0.25) is 5.02 Å². The van der Waals surface area contributed by atoms with E-state index in [1.807, 2.05) is 0 Å². The molecule has 2 aromatic carbocycles. The summed E-state index contributed by atoms with van der Waals surface area (Å²) in [7, 11) is 2.92. The van der Waals surface area contributed by atoms with E-state index in [9.17, 15) is 18.8 Å². The van der Waals surface area contributed by atoms with Gasteiger partial charge in [-0.25, -0.2) is 4.39 Å². The van der Waals surface area contributed by atoms with Crippen LogP contribution in [0.5, 0.6) is 11.5 Å². The molecule has 1 aromatic heterocycles. The zero-order valence-corrected chi connectivity index (χ0v) is 22.7. The van der Waals surface area contributed by atoms with E-state index in [4.69, 9.17) is 30.2 Å². The second-order valence-corrected chi connectivity index (χ2v) is 9.33. The first-order valence-corrected chi connectivity index (χ1v) is 12.9. The molecule has 212 valence electrons. The van der Waals surface area contributed by atoms with Gasteiger partial charge < -0.3 is 29.3 Å². The first kappa shape index (κ1) is 28.9. The highest BCUT2D eigenvalue weighted by molar-refractivity contribution is 6.31. The number of halogens is 2. The van der Waals surface area contributed by atoms with Crippen LogP contribution in [-0.4, -0.2) is 57.7 Å². The van der Waals surface area contributed by atoms with Gasteiger partial charge in [0.15, 0.2) is 17.3 Å². The second kappa shape index (κ2) is 13.3. The number of carbonyl (C=O) groups excluding carboxylic acids is 3. The molecule has 2 heterocycles. The first-order valence-electron chi connectivity index (χ1n) is 12.5. The van der Waals surface area contributed by atoms with E-state index in [-0.39, 0.29) is 29.1 Å². The number of rotatable bonds is 11. The van der Waals surface area contributed by atoms with Gasteiger partial charge in [-0.1, -0.05) is 17.7 Å². The third-order valence-corrected chi connectivity index (χ3v) is 6.64. The van der Waals surface area contributed by atoms with E-state index in [2.05, 4.69) is 10.6 Å². The molecule has 2 atom stereocenters. The van der Waals surface area contributed by atoms with Gasteiger partial charge in [-0.2, -0.15) is 0 Å². The predicted molar refractivity (Wildman–Crippen MR) is 144 cm³/mol. The van der Waals surface area contributed by atoms with Gasteiger partial charge >= 0.3 is 0 Å². The van der Waals surface area contributed by atoms with Gasteiger partial charge in [0.2, 0.25) is 11.8 Å². The van der Waals surface area contributed by atoms with E-state index < -0.39 is 36.1 Å². The fourth-order valence-corrected chi connectivity index (χ4v) is 4.54. The Bertz CT molecular complexity index is 1350. The Morgan fingerprint density at radius 2 is 1.90 bits per heavy atom. The van der Waals surface area contributed by atoms with Crippen LogP contribution in [0, 0.1) is 5.82 Å². The van der Waals surface area contributed by atoms with Crippen molar-refractivity contribution in [3.8, 4) is 11.5 Å². The quantitative estimate of drug-likeness (QED) is 0.357. The molecule has 1 aliphatic rings. The predicted octanol–water partition coefficient (Wildman–Crippen LogP) is 3.89. The van der Waals surface area contributed by atoms with Crippen molar-refractivity contribution >= 4 is 35.0 Å². The number of hydrogen-bond donors (Lipinski definition) is 2. The number of hydrogen-bond acceptors (Lipinski definition) is 7. The van der Waals surface area contributed by atoms with Crippen molar-refractivity contribution in [3.63, 3.8) is 0 Å². The number of benzene rings is 2. The minimum atomic E-state index is -1.27. The number of methoxy groups -OCH3 is 2. The maximum absolute atomic E-state index is 14.1. The molecule has 10 nitrogen and oxygen atoms in total. The van der Waals surface area contributed by atoms with Gasteiger partial charge in [-0.15, -0.1) is 0 Å². The zero-order chi connectivity index (χ0) is 28.6. The standard InChI is InChI=1S/C28H29ClFN3O7/c1-37-22-10-7-17(13-24(22)38-2)26(28(36)31-15-19-5-3-11-39-19)33(18-8-9-21(30)20(29)14-18)25(34)16-32-27(35)23-6-4-12-40-23/h4,6-10,12-14,19,26H,3,5,11,15-16H2,1-2H3,(H,31,36)(H,32,35)/t19-,26+/m1/s1. The Hall–Kier alpha value is -4.09. The van der Waals surface area contributed by atoms with Gasteiger partial charge in [0.05, 0.1) is 38.2 Å². The summed E-state index contributed by atoms with van der Waals surface area (Å²) < 4.78 is 35.6. The van der Waals surface area contributed by atoms with Crippen molar-refractivity contribution in [1.82, 2.24) is 10.6 Å². The number of anilines is 1. The van der Waals surface area contributed by atoms with E-state index in [1.165, 1.54) is 44.7 Å². The number of nitrogens with zero attached hydrogens (tertiary/aromatic N) is 1. The number of nitrogens with one attached hydrogen (secondary N) is 2. The third kappa shape index (κ3) is 6.72.